The van der Waals surface area contributed by atoms with Crippen molar-refractivity contribution in [3.63, 3.8) is 0 Å². The van der Waals surface area contributed by atoms with Crippen molar-refractivity contribution < 1.29 is 0 Å². The van der Waals surface area contributed by atoms with Crippen LogP contribution in [0.5, 0.6) is 0 Å². The second-order valence-corrected chi connectivity index (χ2v) is 10.1. The number of fused-ring (bicyclic) bond motifs is 20. The van der Waals surface area contributed by atoms with Crippen molar-refractivity contribution in [2.24, 2.45) is 5.73 Å². The van der Waals surface area contributed by atoms with Gasteiger partial charge in [-0.05, 0) is 7.05 Å². The highest BCUT2D eigenvalue weighted by atomic mass is 15.1. The fourth-order valence-electron chi connectivity index (χ4n) is 5.91. The number of aromatic amines is 2. The monoisotopic (exact) mass is 547 g/mol. The molecule has 3 aromatic heterocycles. The Morgan fingerprint density at radius 3 is 1.29 bits per heavy atom. The molecule has 8 bridgehead atoms. The molecule has 0 radical (unpaired) electrons. The van der Waals surface area contributed by atoms with Crippen LogP contribution in [0, 0.1) is 0 Å². The minimum Gasteiger partial charge on any atom is -0.333 e. The fraction of sp³-hybridized carbons (Fsp3) is 0.0909. The highest BCUT2D eigenvalue weighted by Crippen LogP contribution is 2.39. The van der Waals surface area contributed by atoms with E-state index in [1.807, 2.05) is 48.5 Å². The lowest BCUT2D eigenvalue weighted by Crippen LogP contribution is -2.04. The Labute approximate surface area is 240 Å². The molecule has 0 spiro atoms. The number of allylic oxidation sites excluding steroid dienone is 4. The second-order valence-electron chi connectivity index (χ2n) is 10.1. The third-order valence-electron chi connectivity index (χ3n) is 7.82. The van der Waals surface area contributed by atoms with Crippen molar-refractivity contribution in [2.45, 2.75) is 11.8 Å². The van der Waals surface area contributed by atoms with E-state index in [2.05, 4.69) is 64.3 Å². The Morgan fingerprint density at radius 1 is 0.476 bits per heavy atom. The molecule has 9 nitrogen and oxygen atoms in total. The van der Waals surface area contributed by atoms with Crippen molar-refractivity contribution in [1.29, 1.82) is 0 Å². The first-order valence-electron chi connectivity index (χ1n) is 13.8. The van der Waals surface area contributed by atoms with Crippen molar-refractivity contribution >= 4 is 44.1 Å². The first-order valence-corrected chi connectivity index (χ1v) is 13.8. The Morgan fingerprint density at radius 2 is 0.857 bits per heavy atom. The van der Waals surface area contributed by atoms with Crippen LogP contribution in [-0.4, -0.2) is 46.9 Å². The van der Waals surface area contributed by atoms with Gasteiger partial charge in [0.1, 0.15) is 34.2 Å². The molecular weight excluding hydrogens is 522 g/mol. The van der Waals surface area contributed by atoms with E-state index in [0.717, 1.165) is 55.6 Å². The zero-order valence-electron chi connectivity index (χ0n) is 22.7. The molecule has 2 atom stereocenters. The molecule has 4 N–H and O–H groups in total. The van der Waals surface area contributed by atoms with E-state index >= 15 is 0 Å². The predicted octanol–water partition coefficient (Wildman–Crippen LogP) is 6.10. The number of rotatable bonds is 0. The van der Waals surface area contributed by atoms with Gasteiger partial charge in [-0.3, -0.25) is 0 Å². The molecule has 3 aliphatic rings. The van der Waals surface area contributed by atoms with Crippen LogP contribution in [0.4, 0.5) is 0 Å². The smallest absolute Gasteiger partial charge is 0.164 e. The van der Waals surface area contributed by atoms with Crippen LogP contribution in [0.1, 0.15) is 23.5 Å². The Hall–Kier alpha value is -5.54. The minimum atomic E-state index is -0.00455. The van der Waals surface area contributed by atoms with Crippen LogP contribution >= 0.6 is 0 Å². The van der Waals surface area contributed by atoms with E-state index in [0.29, 0.717) is 22.9 Å². The molecule has 9 heteroatoms. The third kappa shape index (κ3) is 3.68. The molecule has 0 amide bonds. The first kappa shape index (κ1) is 24.3. The van der Waals surface area contributed by atoms with E-state index in [1.165, 1.54) is 7.05 Å². The van der Waals surface area contributed by atoms with Gasteiger partial charge in [-0.25, -0.2) is 29.9 Å². The number of nitrogens with zero attached hydrogens (tertiary/aromatic N) is 6. The summed E-state index contributed by atoms with van der Waals surface area (Å²) in [4.78, 5) is 37.0. The molecule has 9 rings (SSSR count). The normalized spacial score (nSPS) is 16.6. The van der Waals surface area contributed by atoms with E-state index in [9.17, 15) is 0 Å². The van der Waals surface area contributed by atoms with E-state index in [1.54, 1.807) is 0 Å². The summed E-state index contributed by atoms with van der Waals surface area (Å²) in [6.45, 7) is 0. The molecule has 2 unspecified atom stereocenters. The first-order chi connectivity index (χ1) is 20.8. The predicted molar refractivity (Wildman–Crippen MR) is 165 cm³/mol. The molecular formula is C33H25N9. The molecule has 3 aromatic carbocycles. The van der Waals surface area contributed by atoms with Crippen LogP contribution < -0.4 is 5.73 Å². The maximum Gasteiger partial charge on any atom is 0.164 e. The summed E-state index contributed by atoms with van der Waals surface area (Å²) in [7, 11) is 1.50. The van der Waals surface area contributed by atoms with Gasteiger partial charge in [0, 0.05) is 32.7 Å². The fourth-order valence-corrected chi connectivity index (χ4v) is 5.91. The number of nitrogens with two attached hydrogens (primary N) is 1. The van der Waals surface area contributed by atoms with Crippen molar-refractivity contribution in [1.82, 2.24) is 39.9 Å². The standard InChI is InChI=1S/C32H20N8.CH5N/c1-2-10-18-17(9-1)25-33-26(18)38-28-21-13-5-6-14-22(21)30(35-28)40-32-24-16-8-7-15-23(24)31(36-32)39-29-20-12-4-3-11-19(20)27(34-29)37-25;1-2/h1-18H,(H2,33,34,35,36,37,38,39,40);2H2,1H3. The quantitative estimate of drug-likeness (QED) is 0.209. The maximum absolute atomic E-state index is 5.07. The van der Waals surface area contributed by atoms with Crippen LogP contribution in [0.2, 0.25) is 0 Å². The summed E-state index contributed by atoms with van der Waals surface area (Å²) in [5.74, 6) is 2.64. The molecule has 6 aromatic rings. The van der Waals surface area contributed by atoms with Crippen LogP contribution in [-0.2, 0) is 0 Å². The van der Waals surface area contributed by atoms with Gasteiger partial charge >= 0.3 is 0 Å². The lowest BCUT2D eigenvalue weighted by Gasteiger charge is -2.13. The minimum absolute atomic E-state index is 0.00455. The number of hydrogen-bond acceptors (Lipinski definition) is 7. The average molecular weight is 548 g/mol. The lowest BCUT2D eigenvalue weighted by atomic mass is 9.90. The van der Waals surface area contributed by atoms with Crippen molar-refractivity contribution in [2.75, 3.05) is 7.05 Å². The SMILES string of the molecule is C1=CC2c3nc(nc4[nH]c(nc5nc(nc6[nH]c(n3)c3ccccc63)-c3ccccc3-5)c3ccccc43)C2C=C1.CN. The zero-order valence-corrected chi connectivity index (χ0v) is 22.7. The van der Waals surface area contributed by atoms with Crippen LogP contribution in [0.3, 0.4) is 0 Å². The van der Waals surface area contributed by atoms with Gasteiger partial charge in [-0.2, -0.15) is 0 Å². The van der Waals surface area contributed by atoms with Gasteiger partial charge < -0.3 is 15.7 Å². The van der Waals surface area contributed by atoms with E-state index in [4.69, 9.17) is 29.9 Å². The van der Waals surface area contributed by atoms with E-state index < -0.39 is 0 Å². The van der Waals surface area contributed by atoms with Crippen LogP contribution in [0.25, 0.3) is 66.9 Å². The summed E-state index contributed by atoms with van der Waals surface area (Å²) >= 11 is 0. The lowest BCUT2D eigenvalue weighted by molar-refractivity contribution is 0.735. The number of hydrogen-bond donors (Lipinski definition) is 3. The van der Waals surface area contributed by atoms with Gasteiger partial charge in [0.2, 0.25) is 0 Å². The highest BCUT2D eigenvalue weighted by Gasteiger charge is 2.32. The Kier molecular flexibility index (Phi) is 5.51. The summed E-state index contributed by atoms with van der Waals surface area (Å²) < 4.78 is 0. The van der Waals surface area contributed by atoms with Crippen molar-refractivity contribution in [3.05, 3.63) is 109 Å². The van der Waals surface area contributed by atoms with Gasteiger partial charge in [-0.1, -0.05) is 97.1 Å². The highest BCUT2D eigenvalue weighted by molar-refractivity contribution is 6.05. The van der Waals surface area contributed by atoms with E-state index in [-0.39, 0.29) is 11.8 Å². The maximum atomic E-state index is 5.07. The zero-order chi connectivity index (χ0) is 28.2. The van der Waals surface area contributed by atoms with Gasteiger partial charge in [-0.15, -0.1) is 0 Å². The third-order valence-corrected chi connectivity index (χ3v) is 7.82. The summed E-state index contributed by atoms with van der Waals surface area (Å²) in [5.41, 5.74) is 9.21. The Bertz CT molecular complexity index is 2100. The number of H-pyrrole nitrogens is 2. The number of benzene rings is 3. The largest absolute Gasteiger partial charge is 0.333 e. The molecule has 202 valence electrons. The average Bonchev–Trinajstić information content (AvgIpc) is 3.78. The molecule has 0 saturated carbocycles. The number of aromatic nitrogens is 8. The van der Waals surface area contributed by atoms with Gasteiger partial charge in [0.15, 0.2) is 11.6 Å². The second kappa shape index (κ2) is 9.53. The molecule has 5 heterocycles. The molecule has 2 aliphatic heterocycles. The topological polar surface area (TPSA) is 135 Å². The van der Waals surface area contributed by atoms with Crippen molar-refractivity contribution in [3.8, 4) is 22.8 Å². The number of nitrogens with one attached hydrogen (secondary N) is 2. The molecule has 0 saturated heterocycles. The summed E-state index contributed by atoms with van der Waals surface area (Å²) in [6.07, 6.45) is 8.40. The van der Waals surface area contributed by atoms with Gasteiger partial charge in [0.25, 0.3) is 0 Å². The molecule has 1 aliphatic carbocycles. The summed E-state index contributed by atoms with van der Waals surface area (Å²) in [6, 6.07) is 24.3. The molecule has 42 heavy (non-hydrogen) atoms. The molecule has 0 fully saturated rings. The van der Waals surface area contributed by atoms with Crippen LogP contribution in [0.15, 0.2) is 97.1 Å². The summed E-state index contributed by atoms with van der Waals surface area (Å²) in [5, 5.41) is 3.90. The van der Waals surface area contributed by atoms with Gasteiger partial charge in [0.05, 0.1) is 11.8 Å². The Balaban J connectivity index is 0.00000131.